The molecule has 1 aliphatic heterocycles. The SMILES string of the molecule is CCc1ccc(C(NN)c2ccc3c(c2)OCCCO3)o1. The summed E-state index contributed by atoms with van der Waals surface area (Å²) in [4.78, 5) is 0. The van der Waals surface area contributed by atoms with Crippen molar-refractivity contribution in [2.24, 2.45) is 5.84 Å². The lowest BCUT2D eigenvalue weighted by atomic mass is 10.0. The van der Waals surface area contributed by atoms with Crippen LogP contribution < -0.4 is 20.7 Å². The zero-order valence-corrected chi connectivity index (χ0v) is 12.1. The van der Waals surface area contributed by atoms with Crippen molar-refractivity contribution in [1.82, 2.24) is 5.43 Å². The van der Waals surface area contributed by atoms with Gasteiger partial charge in [0.2, 0.25) is 0 Å². The molecule has 0 fully saturated rings. The van der Waals surface area contributed by atoms with Crippen LogP contribution in [0.4, 0.5) is 0 Å². The van der Waals surface area contributed by atoms with E-state index in [2.05, 4.69) is 12.3 Å². The molecule has 0 saturated heterocycles. The second-order valence-corrected chi connectivity index (χ2v) is 5.01. The molecule has 3 rings (SSSR count). The van der Waals surface area contributed by atoms with Crippen molar-refractivity contribution in [3.63, 3.8) is 0 Å². The lowest BCUT2D eigenvalue weighted by Crippen LogP contribution is -2.28. The van der Waals surface area contributed by atoms with E-state index in [0.29, 0.717) is 13.2 Å². The highest BCUT2D eigenvalue weighted by molar-refractivity contribution is 5.45. The minimum Gasteiger partial charge on any atom is -0.490 e. The van der Waals surface area contributed by atoms with Crippen LogP contribution in [0.1, 0.15) is 36.5 Å². The van der Waals surface area contributed by atoms with E-state index in [9.17, 15) is 0 Å². The molecule has 112 valence electrons. The average Bonchev–Trinajstić information content (AvgIpc) is 2.86. The number of hydrazine groups is 1. The van der Waals surface area contributed by atoms with Crippen LogP contribution in [0.2, 0.25) is 0 Å². The molecule has 0 spiro atoms. The number of rotatable bonds is 4. The first-order valence-corrected chi connectivity index (χ1v) is 7.26. The van der Waals surface area contributed by atoms with Gasteiger partial charge >= 0.3 is 0 Å². The third-order valence-electron chi connectivity index (χ3n) is 3.59. The van der Waals surface area contributed by atoms with Gasteiger partial charge in [0.25, 0.3) is 0 Å². The fourth-order valence-electron chi connectivity index (χ4n) is 2.44. The van der Waals surface area contributed by atoms with Gasteiger partial charge < -0.3 is 13.9 Å². The second kappa shape index (κ2) is 6.20. The average molecular weight is 288 g/mol. The van der Waals surface area contributed by atoms with E-state index in [1.807, 2.05) is 30.3 Å². The summed E-state index contributed by atoms with van der Waals surface area (Å²) < 4.78 is 17.2. The number of ether oxygens (including phenoxy) is 2. The van der Waals surface area contributed by atoms with Gasteiger partial charge in [-0.25, -0.2) is 5.43 Å². The maximum Gasteiger partial charge on any atom is 0.161 e. The van der Waals surface area contributed by atoms with E-state index in [-0.39, 0.29) is 6.04 Å². The Labute approximate surface area is 124 Å². The zero-order chi connectivity index (χ0) is 14.7. The molecule has 2 heterocycles. The van der Waals surface area contributed by atoms with E-state index in [1.54, 1.807) is 0 Å². The van der Waals surface area contributed by atoms with Gasteiger partial charge in [0.15, 0.2) is 11.5 Å². The smallest absolute Gasteiger partial charge is 0.161 e. The molecule has 0 radical (unpaired) electrons. The van der Waals surface area contributed by atoms with Crippen LogP contribution in [0.15, 0.2) is 34.7 Å². The molecule has 1 aromatic carbocycles. The molecule has 2 aromatic rings. The van der Waals surface area contributed by atoms with Gasteiger partial charge in [-0.1, -0.05) is 13.0 Å². The lowest BCUT2D eigenvalue weighted by molar-refractivity contribution is 0.297. The fourth-order valence-corrected chi connectivity index (χ4v) is 2.44. The van der Waals surface area contributed by atoms with Crippen molar-refractivity contribution in [2.45, 2.75) is 25.8 Å². The standard InChI is InChI=1S/C16H20N2O3/c1-2-12-5-7-14(21-12)16(18-17)11-4-6-13-15(10-11)20-9-3-8-19-13/h4-7,10,16,18H,2-3,8-9,17H2,1H3. The highest BCUT2D eigenvalue weighted by Crippen LogP contribution is 2.34. The Morgan fingerprint density at radius 3 is 2.67 bits per heavy atom. The maximum absolute atomic E-state index is 5.79. The molecule has 1 unspecified atom stereocenters. The van der Waals surface area contributed by atoms with Crippen molar-refractivity contribution in [3.05, 3.63) is 47.4 Å². The molecule has 0 saturated carbocycles. The molecule has 0 aliphatic carbocycles. The Kier molecular flexibility index (Phi) is 4.13. The van der Waals surface area contributed by atoms with Crippen LogP contribution in [-0.2, 0) is 6.42 Å². The first-order chi connectivity index (χ1) is 10.3. The highest BCUT2D eigenvalue weighted by Gasteiger charge is 2.19. The van der Waals surface area contributed by atoms with Gasteiger partial charge in [-0.05, 0) is 29.8 Å². The lowest BCUT2D eigenvalue weighted by Gasteiger charge is -2.16. The largest absolute Gasteiger partial charge is 0.490 e. The molecular weight excluding hydrogens is 268 g/mol. The predicted molar refractivity (Wildman–Crippen MR) is 79.3 cm³/mol. The Hall–Kier alpha value is -1.98. The molecular formula is C16H20N2O3. The molecule has 5 nitrogen and oxygen atoms in total. The number of hydrogen-bond donors (Lipinski definition) is 2. The number of aryl methyl sites for hydroxylation is 1. The van der Waals surface area contributed by atoms with Gasteiger partial charge in [-0.3, -0.25) is 5.84 Å². The van der Waals surface area contributed by atoms with Crippen LogP contribution in [0, 0.1) is 0 Å². The zero-order valence-electron chi connectivity index (χ0n) is 12.1. The van der Waals surface area contributed by atoms with Crippen LogP contribution >= 0.6 is 0 Å². The summed E-state index contributed by atoms with van der Waals surface area (Å²) in [6.45, 7) is 3.40. The summed E-state index contributed by atoms with van der Waals surface area (Å²) in [7, 11) is 0. The van der Waals surface area contributed by atoms with Gasteiger partial charge in [0.05, 0.1) is 13.2 Å². The molecule has 5 heteroatoms. The normalized spacial score (nSPS) is 15.5. The number of benzene rings is 1. The van der Waals surface area contributed by atoms with Gasteiger partial charge in [-0.15, -0.1) is 0 Å². The predicted octanol–water partition coefficient (Wildman–Crippen LogP) is 2.56. The highest BCUT2D eigenvalue weighted by atomic mass is 16.5. The minimum absolute atomic E-state index is 0.206. The number of fused-ring (bicyclic) bond motifs is 1. The summed E-state index contributed by atoms with van der Waals surface area (Å²) in [5.41, 5.74) is 3.79. The monoisotopic (exact) mass is 288 g/mol. The molecule has 1 aliphatic rings. The fraction of sp³-hybridized carbons (Fsp3) is 0.375. The summed E-state index contributed by atoms with van der Waals surface area (Å²) in [6, 6.07) is 9.58. The minimum atomic E-state index is -0.206. The topological polar surface area (TPSA) is 69.7 Å². The summed E-state index contributed by atoms with van der Waals surface area (Å²) in [5, 5.41) is 0. The number of hydrogen-bond acceptors (Lipinski definition) is 5. The molecule has 3 N–H and O–H groups in total. The van der Waals surface area contributed by atoms with Crippen molar-refractivity contribution < 1.29 is 13.9 Å². The number of nitrogens with one attached hydrogen (secondary N) is 1. The van der Waals surface area contributed by atoms with Gasteiger partial charge in [0.1, 0.15) is 17.6 Å². The van der Waals surface area contributed by atoms with E-state index in [4.69, 9.17) is 19.7 Å². The van der Waals surface area contributed by atoms with Crippen molar-refractivity contribution >= 4 is 0 Å². The third kappa shape index (κ3) is 2.89. The van der Waals surface area contributed by atoms with Crippen LogP contribution in [0.3, 0.4) is 0 Å². The van der Waals surface area contributed by atoms with Crippen molar-refractivity contribution in [1.29, 1.82) is 0 Å². The Morgan fingerprint density at radius 2 is 1.95 bits per heavy atom. The summed E-state index contributed by atoms with van der Waals surface area (Å²) in [5.74, 6) is 8.99. The summed E-state index contributed by atoms with van der Waals surface area (Å²) >= 11 is 0. The molecule has 0 bridgehead atoms. The molecule has 0 amide bonds. The van der Waals surface area contributed by atoms with Crippen LogP contribution in [-0.4, -0.2) is 13.2 Å². The van der Waals surface area contributed by atoms with E-state index < -0.39 is 0 Å². The van der Waals surface area contributed by atoms with E-state index in [1.165, 1.54) is 0 Å². The molecule has 21 heavy (non-hydrogen) atoms. The van der Waals surface area contributed by atoms with Crippen molar-refractivity contribution in [2.75, 3.05) is 13.2 Å². The first kappa shape index (κ1) is 14.0. The van der Waals surface area contributed by atoms with Gasteiger partial charge in [-0.2, -0.15) is 0 Å². The number of furan rings is 1. The van der Waals surface area contributed by atoms with Crippen molar-refractivity contribution in [3.8, 4) is 11.5 Å². The summed E-state index contributed by atoms with van der Waals surface area (Å²) in [6.07, 6.45) is 1.75. The second-order valence-electron chi connectivity index (χ2n) is 5.01. The molecule has 1 aromatic heterocycles. The maximum atomic E-state index is 5.79. The van der Waals surface area contributed by atoms with Crippen LogP contribution in [0.25, 0.3) is 0 Å². The Morgan fingerprint density at radius 1 is 1.14 bits per heavy atom. The Bertz CT molecular complexity index is 609. The van der Waals surface area contributed by atoms with E-state index in [0.717, 1.165) is 41.4 Å². The quantitative estimate of drug-likeness (QED) is 0.668. The van der Waals surface area contributed by atoms with Crippen LogP contribution in [0.5, 0.6) is 11.5 Å². The third-order valence-corrected chi connectivity index (χ3v) is 3.59. The molecule has 1 atom stereocenters. The van der Waals surface area contributed by atoms with Gasteiger partial charge in [0, 0.05) is 12.8 Å². The van der Waals surface area contributed by atoms with E-state index >= 15 is 0 Å². The Balaban J connectivity index is 1.91. The number of nitrogens with two attached hydrogens (primary N) is 1. The first-order valence-electron chi connectivity index (χ1n) is 7.26.